The summed E-state index contributed by atoms with van der Waals surface area (Å²) >= 11 is 0. The van der Waals surface area contributed by atoms with Gasteiger partial charge in [-0.2, -0.15) is 0 Å². The minimum atomic E-state index is -0.924. The number of carboxylic acids is 1. The normalized spacial score (nSPS) is 21.7. The van der Waals surface area contributed by atoms with Crippen molar-refractivity contribution in [3.63, 3.8) is 0 Å². The predicted molar refractivity (Wildman–Crippen MR) is 62.2 cm³/mol. The number of nitrogens with zero attached hydrogens (tertiary/aromatic N) is 1. The van der Waals surface area contributed by atoms with Gasteiger partial charge in [-0.25, -0.2) is 0 Å². The van der Waals surface area contributed by atoms with Crippen molar-refractivity contribution in [1.29, 1.82) is 0 Å². The molecule has 6 nitrogen and oxygen atoms in total. The highest BCUT2D eigenvalue weighted by Gasteiger charge is 2.28. The van der Waals surface area contributed by atoms with Gasteiger partial charge in [0.15, 0.2) is 0 Å². The molecule has 0 aromatic heterocycles. The van der Waals surface area contributed by atoms with Gasteiger partial charge in [-0.3, -0.25) is 9.59 Å². The first-order valence-electron chi connectivity index (χ1n) is 6.38. The maximum Gasteiger partial charge on any atom is 0.303 e. The number of carboxylic acid groups (broad SMARTS) is 1. The summed E-state index contributed by atoms with van der Waals surface area (Å²) in [6, 6.07) is 0. The van der Waals surface area contributed by atoms with E-state index in [1.54, 1.807) is 4.90 Å². The Balaban J connectivity index is 1.65. The second-order valence-corrected chi connectivity index (χ2v) is 4.77. The van der Waals surface area contributed by atoms with Crippen LogP contribution in [0.2, 0.25) is 0 Å². The zero-order chi connectivity index (χ0) is 13.0. The van der Waals surface area contributed by atoms with E-state index in [1.807, 2.05) is 0 Å². The van der Waals surface area contributed by atoms with Gasteiger partial charge in [-0.15, -0.1) is 0 Å². The van der Waals surface area contributed by atoms with E-state index in [-0.39, 0.29) is 31.0 Å². The fraction of sp³-hybridized carbons (Fsp3) is 0.833. The van der Waals surface area contributed by atoms with E-state index in [0.717, 1.165) is 12.8 Å². The molecule has 0 unspecified atom stereocenters. The molecule has 0 bridgehead atoms. The zero-order valence-corrected chi connectivity index (χ0v) is 10.3. The van der Waals surface area contributed by atoms with Gasteiger partial charge in [-0.05, 0) is 12.8 Å². The van der Waals surface area contributed by atoms with Crippen LogP contribution in [0, 0.1) is 0 Å². The molecule has 0 aromatic rings. The molecular weight excluding hydrogens is 238 g/mol. The van der Waals surface area contributed by atoms with Gasteiger partial charge in [0, 0.05) is 19.5 Å². The van der Waals surface area contributed by atoms with Gasteiger partial charge in [-0.1, -0.05) is 0 Å². The summed E-state index contributed by atoms with van der Waals surface area (Å²) in [7, 11) is 0. The van der Waals surface area contributed by atoms with E-state index in [2.05, 4.69) is 0 Å². The SMILES string of the molecule is O=C(O)CCC(=O)N1CCC(OC2COC2)CC1. The second-order valence-electron chi connectivity index (χ2n) is 4.77. The Morgan fingerprint density at radius 1 is 1.17 bits per heavy atom. The molecule has 6 heteroatoms. The quantitative estimate of drug-likeness (QED) is 0.764. The van der Waals surface area contributed by atoms with E-state index in [1.165, 1.54) is 0 Å². The molecular formula is C12H19NO5. The third-order valence-electron chi connectivity index (χ3n) is 3.34. The van der Waals surface area contributed by atoms with Crippen LogP contribution in [-0.2, 0) is 19.1 Å². The third kappa shape index (κ3) is 3.68. The van der Waals surface area contributed by atoms with Crippen molar-refractivity contribution < 1.29 is 24.2 Å². The molecule has 2 aliphatic heterocycles. The standard InChI is InChI=1S/C12H19NO5/c14-11(1-2-12(15)16)13-5-3-9(4-6-13)18-10-7-17-8-10/h9-10H,1-8H2,(H,15,16). The molecule has 18 heavy (non-hydrogen) atoms. The average molecular weight is 257 g/mol. The molecule has 0 saturated carbocycles. The van der Waals surface area contributed by atoms with Gasteiger partial charge in [0.1, 0.15) is 6.10 Å². The number of piperidine rings is 1. The summed E-state index contributed by atoms with van der Waals surface area (Å²) in [6.07, 6.45) is 2.10. The lowest BCUT2D eigenvalue weighted by Gasteiger charge is -2.36. The summed E-state index contributed by atoms with van der Waals surface area (Å²) in [6.45, 7) is 2.68. The van der Waals surface area contributed by atoms with Crippen LogP contribution in [0.3, 0.4) is 0 Å². The molecule has 0 spiro atoms. The van der Waals surface area contributed by atoms with Crippen LogP contribution in [0.15, 0.2) is 0 Å². The van der Waals surface area contributed by atoms with Crippen LogP contribution in [0.25, 0.3) is 0 Å². The molecule has 2 aliphatic rings. The minimum absolute atomic E-state index is 0.0668. The summed E-state index contributed by atoms with van der Waals surface area (Å²) in [4.78, 5) is 23.8. The van der Waals surface area contributed by atoms with Crippen molar-refractivity contribution in [1.82, 2.24) is 4.90 Å². The highest BCUT2D eigenvalue weighted by molar-refractivity contribution is 5.80. The molecule has 0 aromatic carbocycles. The van der Waals surface area contributed by atoms with E-state index in [9.17, 15) is 9.59 Å². The summed E-state index contributed by atoms with van der Waals surface area (Å²) in [5, 5.41) is 8.53. The third-order valence-corrected chi connectivity index (χ3v) is 3.34. The van der Waals surface area contributed by atoms with Crippen LogP contribution in [0.1, 0.15) is 25.7 Å². The van der Waals surface area contributed by atoms with Crippen LogP contribution < -0.4 is 0 Å². The number of ether oxygens (including phenoxy) is 2. The lowest BCUT2D eigenvalue weighted by Crippen LogP contribution is -2.45. The number of hydrogen-bond acceptors (Lipinski definition) is 4. The lowest BCUT2D eigenvalue weighted by atomic mass is 10.1. The number of hydrogen-bond donors (Lipinski definition) is 1. The Morgan fingerprint density at radius 2 is 1.83 bits per heavy atom. The topological polar surface area (TPSA) is 76.1 Å². The fourth-order valence-electron chi connectivity index (χ4n) is 2.18. The Kier molecular flexibility index (Phi) is 4.54. The maximum atomic E-state index is 11.7. The number of carbonyl (C=O) groups is 2. The van der Waals surface area contributed by atoms with Gasteiger partial charge < -0.3 is 19.5 Å². The van der Waals surface area contributed by atoms with E-state index in [4.69, 9.17) is 14.6 Å². The second kappa shape index (κ2) is 6.15. The largest absolute Gasteiger partial charge is 0.481 e. The molecule has 0 atom stereocenters. The van der Waals surface area contributed by atoms with Crippen LogP contribution in [-0.4, -0.2) is 60.4 Å². The van der Waals surface area contributed by atoms with E-state index in [0.29, 0.717) is 26.3 Å². The maximum absolute atomic E-state index is 11.7. The van der Waals surface area contributed by atoms with Crippen LogP contribution in [0.5, 0.6) is 0 Å². The molecule has 1 amide bonds. The van der Waals surface area contributed by atoms with Crippen LogP contribution >= 0.6 is 0 Å². The molecule has 0 radical (unpaired) electrons. The molecule has 0 aliphatic carbocycles. The number of amides is 1. The van der Waals surface area contributed by atoms with Crippen molar-refractivity contribution in [2.24, 2.45) is 0 Å². The minimum Gasteiger partial charge on any atom is -0.481 e. The highest BCUT2D eigenvalue weighted by atomic mass is 16.6. The molecule has 1 N–H and O–H groups in total. The van der Waals surface area contributed by atoms with Crippen molar-refractivity contribution in [3.05, 3.63) is 0 Å². The molecule has 2 saturated heterocycles. The first-order chi connectivity index (χ1) is 8.65. The Hall–Kier alpha value is -1.14. The van der Waals surface area contributed by atoms with Gasteiger partial charge in [0.25, 0.3) is 0 Å². The van der Waals surface area contributed by atoms with Gasteiger partial charge >= 0.3 is 5.97 Å². The molecule has 2 rings (SSSR count). The predicted octanol–water partition coefficient (Wildman–Crippen LogP) is 0.258. The summed E-state index contributed by atoms with van der Waals surface area (Å²) in [5.41, 5.74) is 0. The average Bonchev–Trinajstić information content (AvgIpc) is 2.31. The van der Waals surface area contributed by atoms with Gasteiger partial charge in [0.2, 0.25) is 5.91 Å². The Bertz CT molecular complexity index is 308. The number of aliphatic carboxylic acids is 1. The first kappa shape index (κ1) is 13.3. The monoisotopic (exact) mass is 257 g/mol. The lowest BCUT2D eigenvalue weighted by molar-refractivity contribution is -0.165. The van der Waals surface area contributed by atoms with Crippen molar-refractivity contribution in [2.75, 3.05) is 26.3 Å². The van der Waals surface area contributed by atoms with Crippen molar-refractivity contribution in [2.45, 2.75) is 37.9 Å². The summed E-state index contributed by atoms with van der Waals surface area (Å²) < 4.78 is 10.8. The Labute approximate surface area is 106 Å². The number of likely N-dealkylation sites (tertiary alicyclic amines) is 1. The first-order valence-corrected chi connectivity index (χ1v) is 6.38. The Morgan fingerprint density at radius 3 is 2.33 bits per heavy atom. The van der Waals surface area contributed by atoms with E-state index < -0.39 is 5.97 Å². The van der Waals surface area contributed by atoms with E-state index >= 15 is 0 Å². The zero-order valence-electron chi connectivity index (χ0n) is 10.3. The molecule has 102 valence electrons. The molecule has 2 heterocycles. The summed E-state index contributed by atoms with van der Waals surface area (Å²) in [5.74, 6) is -0.991. The van der Waals surface area contributed by atoms with Gasteiger partial charge in [0.05, 0.1) is 25.7 Å². The van der Waals surface area contributed by atoms with Crippen molar-refractivity contribution in [3.8, 4) is 0 Å². The highest BCUT2D eigenvalue weighted by Crippen LogP contribution is 2.19. The smallest absolute Gasteiger partial charge is 0.303 e. The van der Waals surface area contributed by atoms with Crippen molar-refractivity contribution >= 4 is 11.9 Å². The number of carbonyl (C=O) groups excluding carboxylic acids is 1. The molecule has 2 fully saturated rings. The van der Waals surface area contributed by atoms with Crippen LogP contribution in [0.4, 0.5) is 0 Å². The fourth-order valence-corrected chi connectivity index (χ4v) is 2.18. The number of rotatable bonds is 5.